The smallest absolute Gasteiger partial charge is 0.144 e. The van der Waals surface area contributed by atoms with Crippen molar-refractivity contribution >= 4 is 60.9 Å². The van der Waals surface area contributed by atoms with Crippen molar-refractivity contribution in [3.63, 3.8) is 0 Å². The zero-order chi connectivity index (χ0) is 87.4. The first kappa shape index (κ1) is 91.9. The van der Waals surface area contributed by atoms with E-state index in [1.54, 1.807) is 44.5 Å². The predicted octanol–water partition coefficient (Wildman–Crippen LogP) is 40.1. The summed E-state index contributed by atoms with van der Waals surface area (Å²) in [6.07, 6.45) is 65.4. The van der Waals surface area contributed by atoms with Crippen LogP contribution in [0.5, 0.6) is 0 Å². The fourth-order valence-corrected chi connectivity index (χ4v) is 25.5. The molecule has 16 rings (SSSR count). The minimum atomic E-state index is -0.297. The molecule has 0 saturated carbocycles. The zero-order valence-electron chi connectivity index (χ0n) is 80.4. The molecule has 4 aliphatic carbocycles. The third-order valence-electron chi connectivity index (χ3n) is 32.0. The highest BCUT2D eigenvalue weighted by Gasteiger charge is 2.55. The molecule has 4 aliphatic rings. The average Bonchev–Trinajstić information content (AvgIpc) is 1.50. The van der Waals surface area contributed by atoms with Gasteiger partial charge in [0.05, 0.1) is 5.69 Å². The molecular formula is C124H159NO2. The largest absolute Gasteiger partial charge is 0.456 e. The second kappa shape index (κ2) is 44.0. The van der Waals surface area contributed by atoms with Gasteiger partial charge in [0.1, 0.15) is 22.3 Å². The molecule has 2 heterocycles. The number of unbranched alkanes of at least 4 members (excludes halogenated alkanes) is 36. The van der Waals surface area contributed by atoms with Crippen LogP contribution in [0.3, 0.4) is 0 Å². The van der Waals surface area contributed by atoms with E-state index in [9.17, 15) is 0 Å². The number of benzene rings is 10. The quantitative estimate of drug-likeness (QED) is 0.0356. The Morgan fingerprint density at radius 1 is 0.220 bits per heavy atom. The molecule has 0 bridgehead atoms. The molecule has 12 aromatic rings. The molecule has 2 aromatic heterocycles. The van der Waals surface area contributed by atoms with Gasteiger partial charge in [-0.15, -0.1) is 0 Å². The molecule has 3 nitrogen and oxygen atoms in total. The maximum atomic E-state index is 7.83. The molecule has 0 atom stereocenters. The van der Waals surface area contributed by atoms with Crippen molar-refractivity contribution in [2.45, 2.75) is 411 Å². The summed E-state index contributed by atoms with van der Waals surface area (Å²) in [7, 11) is 0. The lowest BCUT2D eigenvalue weighted by atomic mass is 9.62. The van der Waals surface area contributed by atoms with Gasteiger partial charge in [0.2, 0.25) is 0 Å². The Morgan fingerprint density at radius 3 is 1.08 bits per heavy atom. The van der Waals surface area contributed by atoms with Gasteiger partial charge in [-0.25, -0.2) is 0 Å². The second-order valence-corrected chi connectivity index (χ2v) is 40.5. The van der Waals surface area contributed by atoms with Crippen molar-refractivity contribution in [1.82, 2.24) is 0 Å². The lowest BCUT2D eigenvalue weighted by molar-refractivity contribution is 0.369. The fraction of sp³-hybridized carbons (Fsp3) is 0.516. The first-order chi connectivity index (χ1) is 62.7. The lowest BCUT2D eigenvalue weighted by Crippen LogP contribution is -2.33. The number of nitrogens with zero attached hydrogens (tertiary/aromatic N) is 1. The van der Waals surface area contributed by atoms with Crippen molar-refractivity contribution in [2.24, 2.45) is 0 Å². The Bertz CT molecular complexity index is 5500. The third-order valence-corrected chi connectivity index (χ3v) is 32.0. The molecule has 0 N–H and O–H groups in total. The number of furan rings is 2. The van der Waals surface area contributed by atoms with Crippen LogP contribution in [0, 0.1) is 0 Å². The minimum Gasteiger partial charge on any atom is -0.456 e. The van der Waals surface area contributed by atoms with Gasteiger partial charge in [-0.05, 0) is 201 Å². The van der Waals surface area contributed by atoms with Crippen LogP contribution in [0.1, 0.15) is 434 Å². The Balaban J connectivity index is 0.963. The summed E-state index contributed by atoms with van der Waals surface area (Å²) < 4.78 is 14.9. The highest BCUT2D eigenvalue weighted by Crippen LogP contribution is 2.69. The number of para-hydroxylation sites is 3. The fourth-order valence-electron chi connectivity index (χ4n) is 25.5. The maximum absolute atomic E-state index is 7.83. The highest BCUT2D eigenvalue weighted by molar-refractivity contribution is 6.21. The number of fused-ring (bicyclic) bond motifs is 22. The second-order valence-electron chi connectivity index (χ2n) is 40.5. The summed E-state index contributed by atoms with van der Waals surface area (Å²) in [5, 5.41) is 5.23. The van der Waals surface area contributed by atoms with E-state index >= 15 is 0 Å². The molecule has 0 radical (unpaired) electrons. The molecule has 0 fully saturated rings. The van der Waals surface area contributed by atoms with Crippen molar-refractivity contribution in [3.8, 4) is 55.6 Å². The molecule has 0 aliphatic heterocycles. The molecule has 10 aromatic carbocycles. The molecule has 127 heavy (non-hydrogen) atoms. The molecule has 672 valence electrons. The van der Waals surface area contributed by atoms with Crippen LogP contribution in [0.2, 0.25) is 0 Å². The summed E-state index contributed by atoms with van der Waals surface area (Å²) in [5.74, 6) is 0. The van der Waals surface area contributed by atoms with Crippen LogP contribution in [0.15, 0.2) is 197 Å². The molecular weight excluding hydrogens is 1540 g/mol. The SMILES string of the molecule is CCCCCCCCC1(CCCCCCCC)c2cc(N(c3ccc4c(c3)C(CCCCCCC)(CCCCCCC)c3c5c(c6c(oc7ccccc76)c3-4)-c3ccccc3C5(CCCCCCC)CCCCCCC)c3ccccc3-c3ccccc3)ccc2-c2cc3c(cc21)-c1c(ccc2oc4ccccc4c12)C3(CCCCCCCC)CCCCCCCC. The van der Waals surface area contributed by atoms with Gasteiger partial charge in [0.25, 0.3) is 0 Å². The van der Waals surface area contributed by atoms with E-state index in [1.807, 2.05) is 0 Å². The van der Waals surface area contributed by atoms with E-state index in [2.05, 4.69) is 248 Å². The van der Waals surface area contributed by atoms with Gasteiger partial charge in [-0.2, -0.15) is 0 Å². The van der Waals surface area contributed by atoms with E-state index in [4.69, 9.17) is 8.83 Å². The van der Waals surface area contributed by atoms with Gasteiger partial charge in [-0.1, -0.05) is 465 Å². The van der Waals surface area contributed by atoms with E-state index in [1.165, 1.54) is 402 Å². The zero-order valence-corrected chi connectivity index (χ0v) is 80.4. The van der Waals surface area contributed by atoms with Crippen molar-refractivity contribution in [2.75, 3.05) is 4.90 Å². The normalized spacial score (nSPS) is 14.5. The van der Waals surface area contributed by atoms with Gasteiger partial charge in [0.15, 0.2) is 0 Å². The van der Waals surface area contributed by atoms with Crippen LogP contribution >= 0.6 is 0 Å². The molecule has 0 saturated heterocycles. The first-order valence-corrected chi connectivity index (χ1v) is 53.2. The molecule has 3 heteroatoms. The Morgan fingerprint density at radius 2 is 0.575 bits per heavy atom. The van der Waals surface area contributed by atoms with Crippen LogP contribution < -0.4 is 4.90 Å². The number of hydrogen-bond acceptors (Lipinski definition) is 3. The third kappa shape index (κ3) is 18.6. The molecule has 0 amide bonds. The van der Waals surface area contributed by atoms with Crippen molar-refractivity contribution in [3.05, 3.63) is 233 Å². The highest BCUT2D eigenvalue weighted by atomic mass is 16.3. The summed E-state index contributed by atoms with van der Waals surface area (Å²) in [6, 6.07) is 76.5. The molecule has 0 unspecified atom stereocenters. The van der Waals surface area contributed by atoms with Gasteiger partial charge in [-0.3, -0.25) is 0 Å². The summed E-state index contributed by atoms with van der Waals surface area (Å²) >= 11 is 0. The van der Waals surface area contributed by atoms with Crippen LogP contribution in [0.25, 0.3) is 99.5 Å². The summed E-state index contributed by atoms with van der Waals surface area (Å²) in [4.78, 5) is 2.82. The number of hydrogen-bond donors (Lipinski definition) is 0. The number of anilines is 3. The summed E-state index contributed by atoms with van der Waals surface area (Å²) in [6.45, 7) is 19.1. The van der Waals surface area contributed by atoms with E-state index in [0.29, 0.717) is 0 Å². The monoisotopic (exact) mass is 1690 g/mol. The van der Waals surface area contributed by atoms with Gasteiger partial charge >= 0.3 is 0 Å². The molecule has 0 spiro atoms. The number of rotatable bonds is 56. The Labute approximate surface area is 768 Å². The standard InChI is InChI=1S/C124H159NO2/c1-9-17-25-33-41-56-80-121(81-57-42-34-26-18-10-2)104-78-79-112-114(99-68-50-54-72-110(99)126-112)113(104)102-91-107-101(90-108(102)121)96-76-74-93(88-105(96)122(107,82-58-43-35-27-19-11-3)83-59-44-36-28-20-12-4)125(109-71-53-49-66-95(109)92-64-46-45-47-65-92)94-75-77-98-106(89-94)124(86-62-39-31-23-15-7,87-63-40-32-24-16-8)119-117(98)120-116(100-69-51-55-73-111(100)127-120)115-97-67-48-52-70-103(97)123(118(115)119,84-60-37-29-21-13-5)85-61-38-30-22-14-6/h45-55,64-79,88-91H,9-44,56-63,80-87H2,1-8H3. The first-order valence-electron chi connectivity index (χ1n) is 53.2. The Hall–Kier alpha value is -8.40. The van der Waals surface area contributed by atoms with Gasteiger partial charge < -0.3 is 13.7 Å². The topological polar surface area (TPSA) is 29.5 Å². The van der Waals surface area contributed by atoms with E-state index in [-0.39, 0.29) is 21.7 Å². The van der Waals surface area contributed by atoms with Crippen LogP contribution in [0.4, 0.5) is 17.1 Å². The predicted molar refractivity (Wildman–Crippen MR) is 551 cm³/mol. The minimum absolute atomic E-state index is 0.124. The lowest BCUT2D eigenvalue weighted by Gasteiger charge is -2.40. The average molecular weight is 1700 g/mol. The van der Waals surface area contributed by atoms with Crippen LogP contribution in [-0.4, -0.2) is 0 Å². The summed E-state index contributed by atoms with van der Waals surface area (Å²) in [5.41, 5.74) is 34.3. The maximum Gasteiger partial charge on any atom is 0.144 e. The van der Waals surface area contributed by atoms with E-state index < -0.39 is 0 Å². The van der Waals surface area contributed by atoms with Crippen molar-refractivity contribution in [1.29, 1.82) is 0 Å². The van der Waals surface area contributed by atoms with Crippen molar-refractivity contribution < 1.29 is 8.83 Å². The van der Waals surface area contributed by atoms with E-state index in [0.717, 1.165) is 48.0 Å². The Kier molecular flexibility index (Phi) is 31.8. The van der Waals surface area contributed by atoms with Gasteiger partial charge in [0, 0.05) is 65.7 Å². The van der Waals surface area contributed by atoms with Crippen LogP contribution in [-0.2, 0) is 21.7 Å².